The average Bonchev–Trinajstić information content (AvgIpc) is 2.61. The van der Waals surface area contributed by atoms with Crippen LogP contribution in [0.4, 0.5) is 0 Å². The number of amides is 2. The van der Waals surface area contributed by atoms with Crippen LogP contribution in [0, 0.1) is 11.8 Å². The fraction of sp³-hybridized carbons (Fsp3) is 0.579. The summed E-state index contributed by atoms with van der Waals surface area (Å²) in [6.07, 6.45) is 6.12. The van der Waals surface area contributed by atoms with Gasteiger partial charge in [-0.25, -0.2) is 0 Å². The van der Waals surface area contributed by atoms with Gasteiger partial charge in [0.25, 0.3) is 5.91 Å². The third kappa shape index (κ3) is 6.34. The van der Waals surface area contributed by atoms with Gasteiger partial charge < -0.3 is 4.74 Å². The van der Waals surface area contributed by atoms with Gasteiger partial charge in [-0.1, -0.05) is 33.1 Å². The minimum absolute atomic E-state index is 0.0116. The zero-order chi connectivity index (χ0) is 18.2. The van der Waals surface area contributed by atoms with E-state index in [1.807, 2.05) is 0 Å². The molecule has 1 aromatic rings. The number of hydrogen-bond acceptors (Lipinski definition) is 3. The largest absolute Gasteiger partial charge is 0.492 e. The quantitative estimate of drug-likeness (QED) is 0.689. The average molecular weight is 411 g/mol. The predicted octanol–water partition coefficient (Wildman–Crippen LogP) is 4.22. The van der Waals surface area contributed by atoms with Crippen molar-refractivity contribution >= 4 is 27.7 Å². The van der Waals surface area contributed by atoms with E-state index in [9.17, 15) is 9.59 Å². The van der Waals surface area contributed by atoms with Gasteiger partial charge in [0.2, 0.25) is 5.91 Å². The third-order valence-electron chi connectivity index (χ3n) is 4.42. The van der Waals surface area contributed by atoms with Crippen molar-refractivity contribution in [1.29, 1.82) is 0 Å². The van der Waals surface area contributed by atoms with Crippen LogP contribution in [0.5, 0.6) is 5.75 Å². The molecule has 0 aliphatic heterocycles. The molecule has 5 nitrogen and oxygen atoms in total. The van der Waals surface area contributed by atoms with Gasteiger partial charge >= 0.3 is 0 Å². The molecule has 2 amide bonds. The summed E-state index contributed by atoms with van der Waals surface area (Å²) in [5.41, 5.74) is 5.51. The van der Waals surface area contributed by atoms with E-state index >= 15 is 0 Å². The van der Waals surface area contributed by atoms with Crippen molar-refractivity contribution in [2.24, 2.45) is 11.8 Å². The molecule has 0 unspecified atom stereocenters. The summed E-state index contributed by atoms with van der Waals surface area (Å²) in [7, 11) is 0. The normalized spacial score (nSPS) is 15.0. The Hall–Kier alpha value is -1.56. The lowest BCUT2D eigenvalue weighted by molar-refractivity contribution is -0.126. The van der Waals surface area contributed by atoms with E-state index in [1.54, 1.807) is 18.2 Å². The van der Waals surface area contributed by atoms with Gasteiger partial charge in [-0.2, -0.15) is 0 Å². The van der Waals surface area contributed by atoms with Gasteiger partial charge in [-0.05, 0) is 59.3 Å². The number of nitrogens with one attached hydrogen (secondary N) is 2. The molecule has 2 N–H and O–H groups in total. The second-order valence-electron chi connectivity index (χ2n) is 6.95. The van der Waals surface area contributed by atoms with Gasteiger partial charge in [0.15, 0.2) is 0 Å². The smallest absolute Gasteiger partial charge is 0.269 e. The Balaban J connectivity index is 1.84. The molecule has 25 heavy (non-hydrogen) atoms. The molecule has 0 atom stereocenters. The predicted molar refractivity (Wildman–Crippen MR) is 101 cm³/mol. The lowest BCUT2D eigenvalue weighted by atomic mass is 9.89. The first kappa shape index (κ1) is 19.8. The number of benzene rings is 1. The Morgan fingerprint density at radius 2 is 1.92 bits per heavy atom. The Morgan fingerprint density at radius 3 is 2.56 bits per heavy atom. The van der Waals surface area contributed by atoms with E-state index in [-0.39, 0.29) is 17.7 Å². The van der Waals surface area contributed by atoms with Crippen molar-refractivity contribution in [3.63, 3.8) is 0 Å². The van der Waals surface area contributed by atoms with Crippen LogP contribution in [0.15, 0.2) is 22.7 Å². The van der Waals surface area contributed by atoms with Crippen molar-refractivity contribution in [1.82, 2.24) is 10.9 Å². The maximum absolute atomic E-state index is 12.2. The highest BCUT2D eigenvalue weighted by Gasteiger charge is 2.21. The minimum Gasteiger partial charge on any atom is -0.492 e. The van der Waals surface area contributed by atoms with Crippen molar-refractivity contribution in [3.8, 4) is 5.75 Å². The fourth-order valence-electron chi connectivity index (χ4n) is 2.82. The maximum atomic E-state index is 12.2. The Labute approximate surface area is 158 Å². The molecule has 0 spiro atoms. The van der Waals surface area contributed by atoms with Crippen LogP contribution in [0.2, 0.25) is 0 Å². The molecule has 1 aromatic carbocycles. The topological polar surface area (TPSA) is 67.4 Å². The monoisotopic (exact) mass is 410 g/mol. The fourth-order valence-corrected chi connectivity index (χ4v) is 3.31. The second-order valence-corrected chi connectivity index (χ2v) is 7.81. The third-order valence-corrected chi connectivity index (χ3v) is 5.04. The molecule has 0 radical (unpaired) electrons. The first-order valence-corrected chi connectivity index (χ1v) is 9.79. The van der Waals surface area contributed by atoms with E-state index in [1.165, 1.54) is 6.42 Å². The Kier molecular flexibility index (Phi) is 7.75. The molecule has 1 saturated carbocycles. The molecule has 0 heterocycles. The van der Waals surface area contributed by atoms with Gasteiger partial charge in [-0.15, -0.1) is 0 Å². The number of hydrazine groups is 1. The number of carbonyl (C=O) groups excluding carboxylic acids is 2. The number of rotatable bonds is 6. The summed E-state index contributed by atoms with van der Waals surface area (Å²) >= 11 is 3.43. The lowest BCUT2D eigenvalue weighted by Crippen LogP contribution is -2.44. The Morgan fingerprint density at radius 1 is 1.20 bits per heavy atom. The SMILES string of the molecule is CC(C)CCOc1ccc(C(=O)NNC(=O)C2CCCCC2)cc1Br. The standard InChI is InChI=1S/C19H27BrN2O3/c1-13(2)10-11-25-17-9-8-15(12-16(17)20)19(24)22-21-18(23)14-6-4-3-5-7-14/h8-9,12-14H,3-7,10-11H2,1-2H3,(H,21,23)(H,22,24). The van der Waals surface area contributed by atoms with Crippen LogP contribution in [0.25, 0.3) is 0 Å². The highest BCUT2D eigenvalue weighted by atomic mass is 79.9. The minimum atomic E-state index is -0.335. The number of ether oxygens (including phenoxy) is 1. The molecule has 1 aliphatic carbocycles. The van der Waals surface area contributed by atoms with E-state index in [4.69, 9.17) is 4.74 Å². The highest BCUT2D eigenvalue weighted by Crippen LogP contribution is 2.26. The first-order chi connectivity index (χ1) is 12.0. The van der Waals surface area contributed by atoms with E-state index < -0.39 is 0 Å². The number of carbonyl (C=O) groups is 2. The lowest BCUT2D eigenvalue weighted by Gasteiger charge is -2.20. The first-order valence-electron chi connectivity index (χ1n) is 9.00. The molecule has 138 valence electrons. The zero-order valence-corrected chi connectivity index (χ0v) is 16.5. The molecule has 1 fully saturated rings. The highest BCUT2D eigenvalue weighted by molar-refractivity contribution is 9.10. The molecule has 1 aliphatic rings. The number of hydrogen-bond donors (Lipinski definition) is 2. The van der Waals surface area contributed by atoms with E-state index in [0.29, 0.717) is 23.8 Å². The summed E-state index contributed by atoms with van der Waals surface area (Å²) in [5.74, 6) is 0.872. The summed E-state index contributed by atoms with van der Waals surface area (Å²) in [6, 6.07) is 5.16. The second kappa shape index (κ2) is 9.80. The summed E-state index contributed by atoms with van der Waals surface area (Å²) in [4.78, 5) is 24.3. The van der Waals surface area contributed by atoms with Crippen molar-refractivity contribution in [2.75, 3.05) is 6.61 Å². The summed E-state index contributed by atoms with van der Waals surface area (Å²) in [5, 5.41) is 0. The molecule has 6 heteroatoms. The van der Waals surface area contributed by atoms with Crippen LogP contribution < -0.4 is 15.6 Å². The molecule has 0 aromatic heterocycles. The molecule has 0 bridgehead atoms. The van der Waals surface area contributed by atoms with Crippen LogP contribution >= 0.6 is 15.9 Å². The van der Waals surface area contributed by atoms with Crippen molar-refractivity contribution in [3.05, 3.63) is 28.2 Å². The van der Waals surface area contributed by atoms with Gasteiger partial charge in [-0.3, -0.25) is 20.4 Å². The van der Waals surface area contributed by atoms with Crippen molar-refractivity contribution in [2.45, 2.75) is 52.4 Å². The summed E-state index contributed by atoms with van der Waals surface area (Å²) in [6.45, 7) is 4.93. The van der Waals surface area contributed by atoms with Gasteiger partial charge in [0.05, 0.1) is 11.1 Å². The van der Waals surface area contributed by atoms with Crippen molar-refractivity contribution < 1.29 is 14.3 Å². The maximum Gasteiger partial charge on any atom is 0.269 e. The van der Waals surface area contributed by atoms with Gasteiger partial charge in [0.1, 0.15) is 5.75 Å². The molecule has 0 saturated heterocycles. The van der Waals surface area contributed by atoms with E-state index in [0.717, 1.165) is 36.6 Å². The Bertz CT molecular complexity index is 598. The molecule has 2 rings (SSSR count). The zero-order valence-electron chi connectivity index (χ0n) is 14.9. The van der Waals surface area contributed by atoms with Crippen LogP contribution in [0.1, 0.15) is 62.7 Å². The van der Waals surface area contributed by atoms with Crippen LogP contribution in [0.3, 0.4) is 0 Å². The van der Waals surface area contributed by atoms with Crippen LogP contribution in [-0.2, 0) is 4.79 Å². The number of halogens is 1. The van der Waals surface area contributed by atoms with Gasteiger partial charge in [0, 0.05) is 11.5 Å². The summed E-state index contributed by atoms with van der Waals surface area (Å²) < 4.78 is 6.44. The van der Waals surface area contributed by atoms with E-state index in [2.05, 4.69) is 40.6 Å². The van der Waals surface area contributed by atoms with Crippen LogP contribution in [-0.4, -0.2) is 18.4 Å². The molecular weight excluding hydrogens is 384 g/mol. The molecular formula is C19H27BrN2O3.